The van der Waals surface area contributed by atoms with Gasteiger partial charge >= 0.3 is 0 Å². The van der Waals surface area contributed by atoms with E-state index in [9.17, 15) is 4.79 Å². The molecule has 0 fully saturated rings. The molecule has 21 heavy (non-hydrogen) atoms. The number of aromatic nitrogens is 1. The highest BCUT2D eigenvalue weighted by atomic mass is 16.5. The number of nitrogens with one attached hydrogen (secondary N) is 1. The summed E-state index contributed by atoms with van der Waals surface area (Å²) in [7, 11) is 0. The molecule has 0 bridgehead atoms. The number of nitrogens with zero attached hydrogens (tertiary/aromatic N) is 2. The molecule has 0 aliphatic carbocycles. The molecular weight excluding hydrogens is 266 g/mol. The highest BCUT2D eigenvalue weighted by Gasteiger charge is 2.02. The van der Waals surface area contributed by atoms with Gasteiger partial charge in [-0.15, -0.1) is 6.42 Å². The zero-order valence-corrected chi connectivity index (χ0v) is 11.2. The Labute approximate surface area is 122 Å². The predicted octanol–water partition coefficient (Wildman–Crippen LogP) is 1.86. The van der Waals surface area contributed by atoms with Crippen LogP contribution in [0.25, 0.3) is 0 Å². The molecule has 0 saturated heterocycles. The first-order valence-corrected chi connectivity index (χ1v) is 6.19. The van der Waals surface area contributed by atoms with Gasteiger partial charge in [0.05, 0.1) is 6.21 Å². The summed E-state index contributed by atoms with van der Waals surface area (Å²) in [4.78, 5) is 15.6. The van der Waals surface area contributed by atoms with Crippen molar-refractivity contribution in [3.05, 3.63) is 59.9 Å². The third kappa shape index (κ3) is 4.48. The van der Waals surface area contributed by atoms with Gasteiger partial charge < -0.3 is 4.74 Å². The van der Waals surface area contributed by atoms with Crippen molar-refractivity contribution in [1.82, 2.24) is 10.4 Å². The smallest absolute Gasteiger partial charge is 0.271 e. The highest BCUT2D eigenvalue weighted by molar-refractivity contribution is 5.94. The monoisotopic (exact) mass is 279 g/mol. The van der Waals surface area contributed by atoms with Crippen LogP contribution < -0.4 is 10.2 Å². The Balaban J connectivity index is 1.95. The molecule has 0 saturated carbocycles. The summed E-state index contributed by atoms with van der Waals surface area (Å²) >= 11 is 0. The number of hydrogen-bond acceptors (Lipinski definition) is 4. The Bertz CT molecular complexity index is 675. The molecule has 0 unspecified atom stereocenters. The minimum absolute atomic E-state index is 0.208. The van der Waals surface area contributed by atoms with Crippen LogP contribution in [-0.2, 0) is 0 Å². The van der Waals surface area contributed by atoms with E-state index in [0.29, 0.717) is 11.3 Å². The van der Waals surface area contributed by atoms with Gasteiger partial charge in [-0.25, -0.2) is 5.43 Å². The molecule has 0 radical (unpaired) electrons. The van der Waals surface area contributed by atoms with E-state index >= 15 is 0 Å². The molecule has 0 atom stereocenters. The molecule has 1 amide bonds. The number of hydrazone groups is 1. The number of hydrogen-bond donors (Lipinski definition) is 1. The standard InChI is InChI=1S/C16H13N3O2/c1-2-10-21-15-5-3-4-13(11-15)12-18-19-16(20)14-6-8-17-9-7-14/h1,3-9,11-12H,10H2,(H,19,20)/b18-12-. The number of amides is 1. The molecule has 2 aromatic rings. The molecule has 5 heteroatoms. The highest BCUT2D eigenvalue weighted by Crippen LogP contribution is 2.11. The van der Waals surface area contributed by atoms with Gasteiger partial charge in [-0.2, -0.15) is 5.10 Å². The number of pyridine rings is 1. The molecule has 104 valence electrons. The van der Waals surface area contributed by atoms with Crippen molar-refractivity contribution < 1.29 is 9.53 Å². The maximum Gasteiger partial charge on any atom is 0.271 e. The molecule has 1 N–H and O–H groups in total. The number of carbonyl (C=O) groups is 1. The van der Waals surface area contributed by atoms with Gasteiger partial charge in [-0.05, 0) is 29.8 Å². The second-order valence-corrected chi connectivity index (χ2v) is 4.00. The summed E-state index contributed by atoms with van der Waals surface area (Å²) in [6, 6.07) is 10.4. The molecule has 2 rings (SSSR count). The van der Waals surface area contributed by atoms with Crippen molar-refractivity contribution >= 4 is 12.1 Å². The van der Waals surface area contributed by atoms with Crippen LogP contribution in [0.15, 0.2) is 53.9 Å². The van der Waals surface area contributed by atoms with Crippen molar-refractivity contribution in [3.8, 4) is 18.1 Å². The SMILES string of the molecule is C#CCOc1cccc(/C=N\NC(=O)c2ccncc2)c1. The van der Waals surface area contributed by atoms with Gasteiger partial charge in [0.2, 0.25) is 0 Å². The molecule has 1 aromatic carbocycles. The number of benzene rings is 1. The maximum absolute atomic E-state index is 11.7. The number of rotatable bonds is 5. The lowest BCUT2D eigenvalue weighted by Crippen LogP contribution is -2.17. The number of ether oxygens (including phenoxy) is 1. The van der Waals surface area contributed by atoms with Gasteiger partial charge in [0, 0.05) is 18.0 Å². The fourth-order valence-corrected chi connectivity index (χ4v) is 1.54. The van der Waals surface area contributed by atoms with Crippen LogP contribution in [0.5, 0.6) is 5.75 Å². The third-order valence-corrected chi connectivity index (χ3v) is 2.50. The van der Waals surface area contributed by atoms with Crippen LogP contribution in [0, 0.1) is 12.3 Å². The lowest BCUT2D eigenvalue weighted by molar-refractivity contribution is 0.0955. The van der Waals surface area contributed by atoms with Gasteiger partial charge in [-0.3, -0.25) is 9.78 Å². The summed E-state index contributed by atoms with van der Waals surface area (Å²) in [5.74, 6) is 2.75. The van der Waals surface area contributed by atoms with Gasteiger partial charge in [-0.1, -0.05) is 18.1 Å². The van der Waals surface area contributed by atoms with E-state index in [2.05, 4.69) is 21.4 Å². The number of carbonyl (C=O) groups excluding carboxylic acids is 1. The first kappa shape index (κ1) is 14.3. The fraction of sp³-hybridized carbons (Fsp3) is 0.0625. The summed E-state index contributed by atoms with van der Waals surface area (Å²) < 4.78 is 5.30. The van der Waals surface area contributed by atoms with E-state index in [1.807, 2.05) is 12.1 Å². The van der Waals surface area contributed by atoms with E-state index < -0.39 is 0 Å². The van der Waals surface area contributed by atoms with Crippen LogP contribution >= 0.6 is 0 Å². The van der Waals surface area contributed by atoms with E-state index in [0.717, 1.165) is 5.56 Å². The first-order chi connectivity index (χ1) is 10.3. The number of terminal acetylenes is 1. The molecule has 0 aliphatic heterocycles. The van der Waals surface area contributed by atoms with E-state index in [4.69, 9.17) is 11.2 Å². The van der Waals surface area contributed by atoms with E-state index in [1.54, 1.807) is 36.7 Å². The average Bonchev–Trinajstić information content (AvgIpc) is 2.54. The zero-order chi connectivity index (χ0) is 14.9. The molecule has 5 nitrogen and oxygen atoms in total. The minimum atomic E-state index is -0.298. The Morgan fingerprint density at radius 3 is 2.95 bits per heavy atom. The molecule has 1 heterocycles. The maximum atomic E-state index is 11.7. The summed E-state index contributed by atoms with van der Waals surface area (Å²) in [6.45, 7) is 0.208. The minimum Gasteiger partial charge on any atom is -0.481 e. The third-order valence-electron chi connectivity index (χ3n) is 2.50. The molecule has 0 spiro atoms. The summed E-state index contributed by atoms with van der Waals surface area (Å²) in [6.07, 6.45) is 9.75. The quantitative estimate of drug-likeness (QED) is 0.516. The zero-order valence-electron chi connectivity index (χ0n) is 11.2. The Morgan fingerprint density at radius 2 is 2.19 bits per heavy atom. The van der Waals surface area contributed by atoms with E-state index in [1.165, 1.54) is 6.21 Å². The van der Waals surface area contributed by atoms with Crippen molar-refractivity contribution in [2.75, 3.05) is 6.61 Å². The Kier molecular flexibility index (Phi) is 5.07. The fourth-order valence-electron chi connectivity index (χ4n) is 1.54. The van der Waals surface area contributed by atoms with Crippen LogP contribution in [0.2, 0.25) is 0 Å². The van der Waals surface area contributed by atoms with E-state index in [-0.39, 0.29) is 12.5 Å². The first-order valence-electron chi connectivity index (χ1n) is 6.19. The van der Waals surface area contributed by atoms with Gasteiger partial charge in [0.25, 0.3) is 5.91 Å². The lowest BCUT2D eigenvalue weighted by Gasteiger charge is -2.02. The van der Waals surface area contributed by atoms with Gasteiger partial charge in [0.15, 0.2) is 0 Å². The van der Waals surface area contributed by atoms with Crippen molar-refractivity contribution in [2.45, 2.75) is 0 Å². The largest absolute Gasteiger partial charge is 0.481 e. The normalized spacial score (nSPS) is 10.0. The molecule has 0 aliphatic rings. The van der Waals surface area contributed by atoms with Gasteiger partial charge in [0.1, 0.15) is 12.4 Å². The van der Waals surface area contributed by atoms with Crippen molar-refractivity contribution in [1.29, 1.82) is 0 Å². The van der Waals surface area contributed by atoms with Crippen LogP contribution in [0.1, 0.15) is 15.9 Å². The topological polar surface area (TPSA) is 63.6 Å². The van der Waals surface area contributed by atoms with Crippen LogP contribution in [0.3, 0.4) is 0 Å². The lowest BCUT2D eigenvalue weighted by atomic mass is 10.2. The molecular formula is C16H13N3O2. The van der Waals surface area contributed by atoms with Crippen LogP contribution in [-0.4, -0.2) is 23.7 Å². The van der Waals surface area contributed by atoms with Crippen molar-refractivity contribution in [2.24, 2.45) is 5.10 Å². The summed E-state index contributed by atoms with van der Waals surface area (Å²) in [5.41, 5.74) is 3.72. The second kappa shape index (κ2) is 7.46. The van der Waals surface area contributed by atoms with Crippen molar-refractivity contribution in [3.63, 3.8) is 0 Å². The molecule has 1 aromatic heterocycles. The average molecular weight is 279 g/mol. The Hall–Kier alpha value is -3.13. The summed E-state index contributed by atoms with van der Waals surface area (Å²) in [5, 5.41) is 3.90. The second-order valence-electron chi connectivity index (χ2n) is 4.00. The Morgan fingerprint density at radius 1 is 1.38 bits per heavy atom. The predicted molar refractivity (Wildman–Crippen MR) is 80.1 cm³/mol. The van der Waals surface area contributed by atoms with Crippen LogP contribution in [0.4, 0.5) is 0 Å².